The van der Waals surface area contributed by atoms with Gasteiger partial charge in [-0.1, -0.05) is 82.6 Å². The van der Waals surface area contributed by atoms with Gasteiger partial charge in [-0.15, -0.1) is 0 Å². The van der Waals surface area contributed by atoms with Crippen molar-refractivity contribution in [1.29, 1.82) is 0 Å². The topological polar surface area (TPSA) is 0 Å². The minimum absolute atomic E-state index is 0.899. The van der Waals surface area contributed by atoms with Crippen LogP contribution in [0, 0.1) is 23.7 Å². The Balaban J connectivity index is 1.53. The van der Waals surface area contributed by atoms with E-state index in [0.717, 1.165) is 23.7 Å². The van der Waals surface area contributed by atoms with Crippen LogP contribution in [0.1, 0.15) is 104 Å². The van der Waals surface area contributed by atoms with Crippen LogP contribution in [0.2, 0.25) is 0 Å². The first-order chi connectivity index (χ1) is 11.8. The molecule has 0 aromatic heterocycles. The summed E-state index contributed by atoms with van der Waals surface area (Å²) in [5.41, 5.74) is 0. The standard InChI is InChI=1S/C24H42/c1-3-5-10-21-16-18-22(19-17-21)12-7-8-13-24-15-9-14-23(20-24)11-6-4-2/h3,5-6,11,21-24H,4,7-10,12-20H2,1-2H3/b5-3+,11-6+. The maximum Gasteiger partial charge on any atom is -0.0231 e. The molecule has 2 atom stereocenters. The molecule has 138 valence electrons. The molecule has 0 aliphatic heterocycles. The van der Waals surface area contributed by atoms with Crippen molar-refractivity contribution in [2.75, 3.05) is 0 Å². The molecule has 2 aliphatic carbocycles. The summed E-state index contributed by atoms with van der Waals surface area (Å²) < 4.78 is 0. The lowest BCUT2D eigenvalue weighted by Crippen LogP contribution is -2.15. The summed E-state index contributed by atoms with van der Waals surface area (Å²) in [5.74, 6) is 3.98. The van der Waals surface area contributed by atoms with Crippen LogP contribution in [0.15, 0.2) is 24.3 Å². The lowest BCUT2D eigenvalue weighted by atomic mass is 9.77. The lowest BCUT2D eigenvalue weighted by molar-refractivity contribution is 0.250. The average Bonchev–Trinajstić information content (AvgIpc) is 2.63. The number of unbranched alkanes of at least 4 members (excludes halogenated alkanes) is 1. The smallest absolute Gasteiger partial charge is 0.0231 e. The first kappa shape index (κ1) is 19.8. The van der Waals surface area contributed by atoms with Gasteiger partial charge in [0.1, 0.15) is 0 Å². The predicted molar refractivity (Wildman–Crippen MR) is 108 cm³/mol. The second kappa shape index (κ2) is 11.9. The third kappa shape index (κ3) is 7.58. The van der Waals surface area contributed by atoms with Crippen molar-refractivity contribution in [3.8, 4) is 0 Å². The fourth-order valence-electron chi connectivity index (χ4n) is 5.05. The zero-order chi connectivity index (χ0) is 17.0. The Hall–Kier alpha value is -0.520. The van der Waals surface area contributed by atoms with Gasteiger partial charge in [-0.05, 0) is 69.1 Å². The van der Waals surface area contributed by atoms with Crippen molar-refractivity contribution in [2.24, 2.45) is 23.7 Å². The van der Waals surface area contributed by atoms with Crippen molar-refractivity contribution in [3.05, 3.63) is 24.3 Å². The lowest BCUT2D eigenvalue weighted by Gasteiger charge is -2.29. The zero-order valence-electron chi connectivity index (χ0n) is 16.5. The Labute approximate surface area is 152 Å². The number of hydrogen-bond acceptors (Lipinski definition) is 0. The van der Waals surface area contributed by atoms with Crippen molar-refractivity contribution < 1.29 is 0 Å². The third-order valence-electron chi connectivity index (χ3n) is 6.61. The maximum atomic E-state index is 2.51. The second-order valence-corrected chi connectivity index (χ2v) is 8.61. The van der Waals surface area contributed by atoms with E-state index in [1.54, 1.807) is 0 Å². The highest BCUT2D eigenvalue weighted by Gasteiger charge is 2.21. The van der Waals surface area contributed by atoms with Gasteiger partial charge in [0.15, 0.2) is 0 Å². The summed E-state index contributed by atoms with van der Waals surface area (Å²) in [4.78, 5) is 0. The number of allylic oxidation sites excluding steroid dienone is 4. The Morgan fingerprint density at radius 1 is 0.792 bits per heavy atom. The molecule has 0 saturated heterocycles. The molecule has 0 heterocycles. The molecular formula is C24H42. The molecule has 2 rings (SSSR count). The molecule has 0 aromatic carbocycles. The predicted octanol–water partition coefficient (Wildman–Crippen LogP) is 8.09. The molecule has 2 aliphatic rings. The highest BCUT2D eigenvalue weighted by atomic mass is 14.3. The highest BCUT2D eigenvalue weighted by Crippen LogP contribution is 2.36. The first-order valence-electron chi connectivity index (χ1n) is 11.1. The minimum atomic E-state index is 0.899. The number of hydrogen-bond donors (Lipinski definition) is 0. The van der Waals surface area contributed by atoms with Crippen LogP contribution in [0.4, 0.5) is 0 Å². The summed E-state index contributed by atoms with van der Waals surface area (Å²) in [6.07, 6.45) is 29.9. The molecule has 0 aromatic rings. The largest absolute Gasteiger partial charge is 0.0917 e. The molecule has 0 radical (unpaired) electrons. The van der Waals surface area contributed by atoms with Gasteiger partial charge in [0, 0.05) is 0 Å². The highest BCUT2D eigenvalue weighted by molar-refractivity contribution is 4.91. The summed E-state index contributed by atoms with van der Waals surface area (Å²) in [6, 6.07) is 0. The monoisotopic (exact) mass is 330 g/mol. The van der Waals surface area contributed by atoms with Gasteiger partial charge < -0.3 is 0 Å². The molecule has 0 spiro atoms. The van der Waals surface area contributed by atoms with Crippen LogP contribution in [0.25, 0.3) is 0 Å². The molecule has 2 unspecified atom stereocenters. The fraction of sp³-hybridized carbons (Fsp3) is 0.833. The van der Waals surface area contributed by atoms with E-state index in [0.29, 0.717) is 0 Å². The second-order valence-electron chi connectivity index (χ2n) is 8.61. The van der Waals surface area contributed by atoms with Gasteiger partial charge in [-0.3, -0.25) is 0 Å². The van der Waals surface area contributed by atoms with Gasteiger partial charge in [-0.2, -0.15) is 0 Å². The minimum Gasteiger partial charge on any atom is -0.0917 e. The SMILES string of the molecule is C/C=C/CC1CCC(CCCCC2CCCC(/C=C/CC)C2)CC1. The van der Waals surface area contributed by atoms with Gasteiger partial charge in [0.05, 0.1) is 0 Å². The van der Waals surface area contributed by atoms with E-state index in [4.69, 9.17) is 0 Å². The van der Waals surface area contributed by atoms with E-state index in [1.165, 1.54) is 89.9 Å². The van der Waals surface area contributed by atoms with E-state index in [9.17, 15) is 0 Å². The van der Waals surface area contributed by atoms with Crippen LogP contribution in [0.3, 0.4) is 0 Å². The van der Waals surface area contributed by atoms with Crippen LogP contribution < -0.4 is 0 Å². The van der Waals surface area contributed by atoms with Crippen LogP contribution in [0.5, 0.6) is 0 Å². The molecule has 2 fully saturated rings. The zero-order valence-corrected chi connectivity index (χ0v) is 16.5. The first-order valence-corrected chi connectivity index (χ1v) is 11.1. The normalized spacial score (nSPS) is 31.9. The molecular weight excluding hydrogens is 288 g/mol. The summed E-state index contributed by atoms with van der Waals surface area (Å²) in [6.45, 7) is 4.41. The molecule has 0 heteroatoms. The maximum absolute atomic E-state index is 2.51. The van der Waals surface area contributed by atoms with Crippen molar-refractivity contribution >= 4 is 0 Å². The Morgan fingerprint density at radius 2 is 1.50 bits per heavy atom. The van der Waals surface area contributed by atoms with Crippen LogP contribution in [-0.4, -0.2) is 0 Å². The average molecular weight is 331 g/mol. The molecule has 0 nitrogen and oxygen atoms in total. The van der Waals surface area contributed by atoms with E-state index in [2.05, 4.69) is 38.2 Å². The van der Waals surface area contributed by atoms with Gasteiger partial charge in [0.25, 0.3) is 0 Å². The van der Waals surface area contributed by atoms with E-state index in [-0.39, 0.29) is 0 Å². The van der Waals surface area contributed by atoms with Gasteiger partial charge in [-0.25, -0.2) is 0 Å². The van der Waals surface area contributed by atoms with Gasteiger partial charge in [0.2, 0.25) is 0 Å². The molecule has 24 heavy (non-hydrogen) atoms. The van der Waals surface area contributed by atoms with Crippen molar-refractivity contribution in [2.45, 2.75) is 104 Å². The Morgan fingerprint density at radius 3 is 2.21 bits per heavy atom. The van der Waals surface area contributed by atoms with Crippen LogP contribution in [-0.2, 0) is 0 Å². The summed E-state index contributed by atoms with van der Waals surface area (Å²) >= 11 is 0. The van der Waals surface area contributed by atoms with Crippen LogP contribution >= 0.6 is 0 Å². The summed E-state index contributed by atoms with van der Waals surface area (Å²) in [5, 5.41) is 0. The Kier molecular flexibility index (Phi) is 9.85. The van der Waals surface area contributed by atoms with E-state index in [1.807, 2.05) is 0 Å². The van der Waals surface area contributed by atoms with E-state index < -0.39 is 0 Å². The Bertz CT molecular complexity index is 356. The molecule has 0 bridgehead atoms. The molecule has 0 N–H and O–H groups in total. The number of rotatable bonds is 9. The van der Waals surface area contributed by atoms with E-state index >= 15 is 0 Å². The fourth-order valence-corrected chi connectivity index (χ4v) is 5.05. The molecule has 0 amide bonds. The molecule has 2 saturated carbocycles. The quantitative estimate of drug-likeness (QED) is 0.296. The van der Waals surface area contributed by atoms with Gasteiger partial charge >= 0.3 is 0 Å². The van der Waals surface area contributed by atoms with Crippen molar-refractivity contribution in [3.63, 3.8) is 0 Å². The third-order valence-corrected chi connectivity index (χ3v) is 6.61. The summed E-state index contributed by atoms with van der Waals surface area (Å²) in [7, 11) is 0. The van der Waals surface area contributed by atoms with Crippen molar-refractivity contribution in [1.82, 2.24) is 0 Å².